The van der Waals surface area contributed by atoms with Crippen molar-refractivity contribution in [3.63, 3.8) is 0 Å². The van der Waals surface area contributed by atoms with Crippen molar-refractivity contribution in [1.29, 1.82) is 0 Å². The maximum Gasteiger partial charge on any atom is 0.276 e. The van der Waals surface area contributed by atoms with E-state index in [2.05, 4.69) is 0 Å². The molecule has 0 saturated heterocycles. The Hall–Kier alpha value is -2.30. The SMILES string of the molecule is CC(=O)CC(=O)/C=C/c1ccccc1[N+](=O)[O-]. The lowest BCUT2D eigenvalue weighted by molar-refractivity contribution is -0.385. The zero-order valence-electron chi connectivity index (χ0n) is 9.25. The van der Waals surface area contributed by atoms with Crippen molar-refractivity contribution in [3.8, 4) is 0 Å². The minimum Gasteiger partial charge on any atom is -0.300 e. The number of hydrogen-bond acceptors (Lipinski definition) is 4. The van der Waals surface area contributed by atoms with Gasteiger partial charge in [0.15, 0.2) is 5.78 Å². The monoisotopic (exact) mass is 233 g/mol. The summed E-state index contributed by atoms with van der Waals surface area (Å²) >= 11 is 0. The van der Waals surface area contributed by atoms with Crippen molar-refractivity contribution < 1.29 is 14.5 Å². The second kappa shape index (κ2) is 5.69. The first kappa shape index (κ1) is 12.8. The maximum atomic E-state index is 11.2. The van der Waals surface area contributed by atoms with Crippen LogP contribution in [0.15, 0.2) is 30.3 Å². The predicted molar refractivity (Wildman–Crippen MR) is 62.4 cm³/mol. The first-order valence-corrected chi connectivity index (χ1v) is 4.94. The van der Waals surface area contributed by atoms with Gasteiger partial charge in [-0.2, -0.15) is 0 Å². The van der Waals surface area contributed by atoms with Gasteiger partial charge >= 0.3 is 0 Å². The molecule has 1 aromatic carbocycles. The van der Waals surface area contributed by atoms with Gasteiger partial charge in [0.2, 0.25) is 0 Å². The summed E-state index contributed by atoms with van der Waals surface area (Å²) in [5.41, 5.74) is 0.272. The zero-order chi connectivity index (χ0) is 12.8. The predicted octanol–water partition coefficient (Wildman–Crippen LogP) is 2.16. The van der Waals surface area contributed by atoms with Crippen molar-refractivity contribution >= 4 is 23.3 Å². The highest BCUT2D eigenvalue weighted by Crippen LogP contribution is 2.18. The van der Waals surface area contributed by atoms with Crippen LogP contribution in [0.3, 0.4) is 0 Å². The van der Waals surface area contributed by atoms with Gasteiger partial charge in [0.25, 0.3) is 5.69 Å². The average Bonchev–Trinajstić information content (AvgIpc) is 2.25. The van der Waals surface area contributed by atoms with E-state index < -0.39 is 4.92 Å². The summed E-state index contributed by atoms with van der Waals surface area (Å²) in [5.74, 6) is -0.599. The third kappa shape index (κ3) is 3.98. The van der Waals surface area contributed by atoms with Crippen LogP contribution < -0.4 is 0 Å². The van der Waals surface area contributed by atoms with Crippen LogP contribution in [-0.2, 0) is 9.59 Å². The number of Topliss-reactive ketones (excluding diaryl/α,β-unsaturated/α-hetero) is 1. The first-order valence-electron chi connectivity index (χ1n) is 4.94. The summed E-state index contributed by atoms with van der Waals surface area (Å²) in [6, 6.07) is 6.08. The topological polar surface area (TPSA) is 77.3 Å². The molecule has 0 amide bonds. The molecule has 0 radical (unpaired) electrons. The standard InChI is InChI=1S/C12H11NO4/c1-9(14)8-11(15)7-6-10-4-2-3-5-12(10)13(16)17/h2-7H,8H2,1H3/b7-6+. The number of nitro benzene ring substituents is 1. The van der Waals surface area contributed by atoms with Gasteiger partial charge in [-0.25, -0.2) is 0 Å². The van der Waals surface area contributed by atoms with Gasteiger partial charge in [0.1, 0.15) is 5.78 Å². The summed E-state index contributed by atoms with van der Waals surface area (Å²) < 4.78 is 0. The molecule has 0 bridgehead atoms. The number of ketones is 2. The van der Waals surface area contributed by atoms with Gasteiger partial charge in [-0.05, 0) is 25.1 Å². The van der Waals surface area contributed by atoms with E-state index in [0.29, 0.717) is 5.56 Å². The molecule has 0 saturated carbocycles. The highest BCUT2D eigenvalue weighted by molar-refractivity contribution is 6.05. The number of benzene rings is 1. The lowest BCUT2D eigenvalue weighted by Gasteiger charge is -1.96. The number of para-hydroxylation sites is 1. The maximum absolute atomic E-state index is 11.2. The van der Waals surface area contributed by atoms with Crippen molar-refractivity contribution in [2.45, 2.75) is 13.3 Å². The third-order valence-electron chi connectivity index (χ3n) is 2.01. The summed E-state index contributed by atoms with van der Waals surface area (Å²) in [7, 11) is 0. The van der Waals surface area contributed by atoms with E-state index in [1.54, 1.807) is 12.1 Å². The van der Waals surface area contributed by atoms with Crippen molar-refractivity contribution in [3.05, 3.63) is 46.0 Å². The number of nitro groups is 1. The van der Waals surface area contributed by atoms with Gasteiger partial charge in [0, 0.05) is 6.07 Å². The van der Waals surface area contributed by atoms with E-state index >= 15 is 0 Å². The van der Waals surface area contributed by atoms with Gasteiger partial charge in [-0.1, -0.05) is 12.1 Å². The molecule has 17 heavy (non-hydrogen) atoms. The van der Waals surface area contributed by atoms with Crippen LogP contribution in [-0.4, -0.2) is 16.5 Å². The van der Waals surface area contributed by atoms with E-state index in [1.807, 2.05) is 0 Å². The van der Waals surface area contributed by atoms with Crippen LogP contribution in [0, 0.1) is 10.1 Å². The molecule has 5 nitrogen and oxygen atoms in total. The van der Waals surface area contributed by atoms with Crippen LogP contribution >= 0.6 is 0 Å². The molecule has 0 aliphatic rings. The van der Waals surface area contributed by atoms with E-state index in [1.165, 1.54) is 31.2 Å². The molecule has 1 aromatic rings. The summed E-state index contributed by atoms with van der Waals surface area (Å²) in [5, 5.41) is 10.7. The Kier molecular flexibility index (Phi) is 4.28. The molecule has 0 unspecified atom stereocenters. The van der Waals surface area contributed by atoms with Crippen LogP contribution in [0.4, 0.5) is 5.69 Å². The van der Waals surface area contributed by atoms with Gasteiger partial charge in [-0.3, -0.25) is 19.7 Å². The van der Waals surface area contributed by atoms with Crippen LogP contribution in [0.2, 0.25) is 0 Å². The molecule has 5 heteroatoms. The molecule has 0 aliphatic heterocycles. The molecular formula is C12H11NO4. The number of nitrogens with zero attached hydrogens (tertiary/aromatic N) is 1. The van der Waals surface area contributed by atoms with Gasteiger partial charge in [0.05, 0.1) is 16.9 Å². The molecule has 0 aliphatic carbocycles. The Morgan fingerprint density at radius 2 is 2.00 bits per heavy atom. The molecule has 0 spiro atoms. The van der Waals surface area contributed by atoms with Crippen LogP contribution in [0.5, 0.6) is 0 Å². The molecule has 0 fully saturated rings. The summed E-state index contributed by atoms with van der Waals surface area (Å²) in [6.45, 7) is 1.32. The molecule has 0 aromatic heterocycles. The Morgan fingerprint density at radius 1 is 1.35 bits per heavy atom. The summed E-state index contributed by atoms with van der Waals surface area (Å²) in [6.07, 6.45) is 2.35. The number of hydrogen-bond donors (Lipinski definition) is 0. The number of allylic oxidation sites excluding steroid dienone is 1. The molecular weight excluding hydrogens is 222 g/mol. The number of carbonyl (C=O) groups excluding carboxylic acids is 2. The quantitative estimate of drug-likeness (QED) is 0.338. The number of rotatable bonds is 5. The van der Waals surface area contributed by atoms with Crippen molar-refractivity contribution in [1.82, 2.24) is 0 Å². The van der Waals surface area contributed by atoms with Crippen LogP contribution in [0.1, 0.15) is 18.9 Å². The highest BCUT2D eigenvalue weighted by atomic mass is 16.6. The van der Waals surface area contributed by atoms with Crippen molar-refractivity contribution in [2.75, 3.05) is 0 Å². The van der Waals surface area contributed by atoms with E-state index in [0.717, 1.165) is 0 Å². The molecule has 88 valence electrons. The Morgan fingerprint density at radius 3 is 2.59 bits per heavy atom. The molecule has 0 N–H and O–H groups in total. The minimum absolute atomic E-state index is 0.0700. The fraction of sp³-hybridized carbons (Fsp3) is 0.167. The Bertz CT molecular complexity index is 491. The smallest absolute Gasteiger partial charge is 0.276 e. The average molecular weight is 233 g/mol. The fourth-order valence-electron chi connectivity index (χ4n) is 1.28. The molecule has 1 rings (SSSR count). The zero-order valence-corrected chi connectivity index (χ0v) is 9.25. The number of carbonyl (C=O) groups is 2. The second-order valence-electron chi connectivity index (χ2n) is 3.49. The lowest BCUT2D eigenvalue weighted by Crippen LogP contribution is -2.00. The van der Waals surface area contributed by atoms with Gasteiger partial charge in [-0.15, -0.1) is 0 Å². The second-order valence-corrected chi connectivity index (χ2v) is 3.49. The summed E-state index contributed by atoms with van der Waals surface area (Å²) in [4.78, 5) is 32.1. The van der Waals surface area contributed by atoms with E-state index in [4.69, 9.17) is 0 Å². The highest BCUT2D eigenvalue weighted by Gasteiger charge is 2.09. The normalized spacial score (nSPS) is 10.4. The Labute approximate surface area is 97.9 Å². The lowest BCUT2D eigenvalue weighted by atomic mass is 10.1. The third-order valence-corrected chi connectivity index (χ3v) is 2.01. The minimum atomic E-state index is -0.519. The van der Waals surface area contributed by atoms with Crippen molar-refractivity contribution in [2.24, 2.45) is 0 Å². The van der Waals surface area contributed by atoms with Crippen LogP contribution in [0.25, 0.3) is 6.08 Å². The fourth-order valence-corrected chi connectivity index (χ4v) is 1.28. The molecule has 0 heterocycles. The molecule has 0 atom stereocenters. The Balaban J connectivity index is 2.88. The first-order chi connectivity index (χ1) is 8.00. The van der Waals surface area contributed by atoms with E-state index in [-0.39, 0.29) is 23.7 Å². The van der Waals surface area contributed by atoms with E-state index in [9.17, 15) is 19.7 Å². The largest absolute Gasteiger partial charge is 0.300 e. The van der Waals surface area contributed by atoms with Gasteiger partial charge < -0.3 is 0 Å².